The maximum atomic E-state index is 12.3. The van der Waals surface area contributed by atoms with Crippen molar-refractivity contribution in [2.45, 2.75) is 38.7 Å². The average Bonchev–Trinajstić information content (AvgIpc) is 3.15. The third-order valence-electron chi connectivity index (χ3n) is 5.76. The monoisotopic (exact) mass is 469 g/mol. The van der Waals surface area contributed by atoms with E-state index in [1.165, 1.54) is 22.3 Å². The predicted octanol–water partition coefficient (Wildman–Crippen LogP) is 6.58. The quantitative estimate of drug-likeness (QED) is 0.313. The van der Waals surface area contributed by atoms with Gasteiger partial charge in [-0.25, -0.2) is 9.59 Å². The Labute approximate surface area is 206 Å². The van der Waals surface area contributed by atoms with Gasteiger partial charge in [-0.1, -0.05) is 72.8 Å². The largest absolute Gasteiger partial charge is 0.456 e. The van der Waals surface area contributed by atoms with E-state index in [-0.39, 0.29) is 11.9 Å². The Morgan fingerprint density at radius 3 is 2.23 bits per heavy atom. The van der Waals surface area contributed by atoms with Crippen LogP contribution in [0.1, 0.15) is 60.2 Å². The molecule has 1 amide bonds. The SMILES string of the molecule is CC(C)(C)OC(=O)c1cccc(C=CCCNC(=O)OCC2c3ccccc3-c3ccccc32)c1. The molecule has 0 spiro atoms. The van der Waals surface area contributed by atoms with Gasteiger partial charge in [0, 0.05) is 12.5 Å². The lowest BCUT2D eigenvalue weighted by Crippen LogP contribution is -2.26. The highest BCUT2D eigenvalue weighted by Crippen LogP contribution is 2.44. The lowest BCUT2D eigenvalue weighted by Gasteiger charge is -2.19. The highest BCUT2D eigenvalue weighted by Gasteiger charge is 2.28. The van der Waals surface area contributed by atoms with Gasteiger partial charge < -0.3 is 14.8 Å². The van der Waals surface area contributed by atoms with Gasteiger partial charge in [0.05, 0.1) is 5.56 Å². The summed E-state index contributed by atoms with van der Waals surface area (Å²) in [5, 5.41) is 2.81. The molecule has 0 fully saturated rings. The fourth-order valence-electron chi connectivity index (χ4n) is 4.23. The minimum Gasteiger partial charge on any atom is -0.456 e. The molecule has 35 heavy (non-hydrogen) atoms. The van der Waals surface area contributed by atoms with E-state index < -0.39 is 11.7 Å². The molecule has 1 aliphatic carbocycles. The molecule has 0 heterocycles. The van der Waals surface area contributed by atoms with E-state index in [9.17, 15) is 9.59 Å². The number of hydrogen-bond donors (Lipinski definition) is 1. The van der Waals surface area contributed by atoms with Crippen LogP contribution >= 0.6 is 0 Å². The van der Waals surface area contributed by atoms with Gasteiger partial charge in [0.15, 0.2) is 0 Å². The van der Waals surface area contributed by atoms with Crippen LogP contribution < -0.4 is 5.32 Å². The van der Waals surface area contributed by atoms with Gasteiger partial charge in [-0.2, -0.15) is 0 Å². The van der Waals surface area contributed by atoms with E-state index in [1.807, 2.05) is 69.3 Å². The normalized spacial score (nSPS) is 12.8. The maximum Gasteiger partial charge on any atom is 0.407 e. The second-order valence-corrected chi connectivity index (χ2v) is 9.57. The van der Waals surface area contributed by atoms with Crippen LogP contribution in [0.15, 0.2) is 78.9 Å². The highest BCUT2D eigenvalue weighted by molar-refractivity contribution is 5.90. The standard InChI is InChI=1S/C30H31NO4/c1-30(2,3)35-28(32)22-13-10-12-21(19-22)11-8-9-18-31-29(33)34-20-27-25-16-6-4-14-23(25)24-15-5-7-17-26(24)27/h4-8,10-17,19,27H,9,18,20H2,1-3H3,(H,31,33). The van der Waals surface area contributed by atoms with Crippen molar-refractivity contribution in [3.8, 4) is 11.1 Å². The Balaban J connectivity index is 1.24. The van der Waals surface area contributed by atoms with Crippen molar-refractivity contribution in [2.75, 3.05) is 13.2 Å². The van der Waals surface area contributed by atoms with Crippen LogP contribution in [0.4, 0.5) is 4.79 Å². The first-order chi connectivity index (χ1) is 16.8. The summed E-state index contributed by atoms with van der Waals surface area (Å²) in [5.41, 5.74) is 5.67. The van der Waals surface area contributed by atoms with Gasteiger partial charge in [-0.05, 0) is 67.1 Å². The van der Waals surface area contributed by atoms with Crippen molar-refractivity contribution in [3.63, 3.8) is 0 Å². The van der Waals surface area contributed by atoms with Crippen LogP contribution in [0.5, 0.6) is 0 Å². The number of ether oxygens (including phenoxy) is 2. The minimum absolute atomic E-state index is 0.0466. The number of amides is 1. The number of benzene rings is 3. The van der Waals surface area contributed by atoms with E-state index >= 15 is 0 Å². The molecule has 0 saturated carbocycles. The first-order valence-electron chi connectivity index (χ1n) is 11.9. The molecule has 3 aromatic rings. The van der Waals surface area contributed by atoms with E-state index in [0.29, 0.717) is 25.1 Å². The van der Waals surface area contributed by atoms with Crippen LogP contribution in [0.3, 0.4) is 0 Å². The molecule has 5 nitrogen and oxygen atoms in total. The lowest BCUT2D eigenvalue weighted by atomic mass is 9.98. The van der Waals surface area contributed by atoms with Gasteiger partial charge in [-0.3, -0.25) is 0 Å². The Bertz CT molecular complexity index is 1190. The summed E-state index contributed by atoms with van der Waals surface area (Å²) in [6.07, 6.45) is 4.10. The molecule has 0 saturated heterocycles. The fraction of sp³-hybridized carbons (Fsp3) is 0.267. The van der Waals surface area contributed by atoms with Crippen molar-refractivity contribution in [3.05, 3.63) is 101 Å². The van der Waals surface area contributed by atoms with Crippen molar-refractivity contribution >= 4 is 18.1 Å². The molecule has 180 valence electrons. The molecule has 3 aromatic carbocycles. The molecule has 0 aliphatic heterocycles. The van der Waals surface area contributed by atoms with Crippen LogP contribution in [0, 0.1) is 0 Å². The zero-order valence-corrected chi connectivity index (χ0v) is 20.4. The number of fused-ring (bicyclic) bond motifs is 3. The van der Waals surface area contributed by atoms with E-state index in [1.54, 1.807) is 12.1 Å². The number of rotatable bonds is 7. The van der Waals surface area contributed by atoms with E-state index in [2.05, 4.69) is 29.6 Å². The first-order valence-corrected chi connectivity index (χ1v) is 11.9. The first kappa shape index (κ1) is 24.3. The number of carbonyl (C=O) groups is 2. The predicted molar refractivity (Wildman–Crippen MR) is 138 cm³/mol. The molecule has 5 heteroatoms. The van der Waals surface area contributed by atoms with Gasteiger partial charge in [0.2, 0.25) is 0 Å². The van der Waals surface area contributed by atoms with Crippen LogP contribution in [0.2, 0.25) is 0 Å². The zero-order chi connectivity index (χ0) is 24.8. The Morgan fingerprint density at radius 2 is 1.57 bits per heavy atom. The second kappa shape index (κ2) is 10.6. The van der Waals surface area contributed by atoms with Crippen LogP contribution in [0.25, 0.3) is 17.2 Å². The molecule has 0 aromatic heterocycles. The molecule has 1 N–H and O–H groups in total. The molecular formula is C30H31NO4. The summed E-state index contributed by atoms with van der Waals surface area (Å²) in [7, 11) is 0. The average molecular weight is 470 g/mol. The van der Waals surface area contributed by atoms with Gasteiger partial charge in [0.1, 0.15) is 12.2 Å². The van der Waals surface area contributed by atoms with E-state index in [0.717, 1.165) is 5.56 Å². The van der Waals surface area contributed by atoms with Gasteiger partial charge >= 0.3 is 12.1 Å². The Morgan fingerprint density at radius 1 is 0.914 bits per heavy atom. The summed E-state index contributed by atoms with van der Waals surface area (Å²) in [6.45, 7) is 6.29. The molecule has 4 rings (SSSR count). The number of alkyl carbamates (subject to hydrolysis) is 1. The molecule has 0 radical (unpaired) electrons. The lowest BCUT2D eigenvalue weighted by molar-refractivity contribution is 0.00694. The summed E-state index contributed by atoms with van der Waals surface area (Å²) in [6, 6.07) is 23.8. The molecule has 1 aliphatic rings. The maximum absolute atomic E-state index is 12.3. The molecular weight excluding hydrogens is 438 g/mol. The highest BCUT2D eigenvalue weighted by atomic mass is 16.6. The Hall–Kier alpha value is -3.86. The Kier molecular flexibility index (Phi) is 7.35. The van der Waals surface area contributed by atoms with E-state index in [4.69, 9.17) is 9.47 Å². The number of nitrogens with one attached hydrogen (secondary N) is 1. The topological polar surface area (TPSA) is 64.6 Å². The third kappa shape index (κ3) is 6.18. The van der Waals surface area contributed by atoms with Gasteiger partial charge in [0.25, 0.3) is 0 Å². The molecule has 0 unspecified atom stereocenters. The fourth-order valence-corrected chi connectivity index (χ4v) is 4.23. The third-order valence-corrected chi connectivity index (χ3v) is 5.76. The second-order valence-electron chi connectivity index (χ2n) is 9.57. The summed E-state index contributed by atoms with van der Waals surface area (Å²) in [5.74, 6) is -0.296. The number of esters is 1. The summed E-state index contributed by atoms with van der Waals surface area (Å²) in [4.78, 5) is 24.5. The molecule has 0 bridgehead atoms. The van der Waals surface area contributed by atoms with Crippen molar-refractivity contribution < 1.29 is 19.1 Å². The summed E-state index contributed by atoms with van der Waals surface area (Å²) < 4.78 is 11.0. The smallest absolute Gasteiger partial charge is 0.407 e. The summed E-state index contributed by atoms with van der Waals surface area (Å²) >= 11 is 0. The van der Waals surface area contributed by atoms with Gasteiger partial charge in [-0.15, -0.1) is 0 Å². The number of hydrogen-bond acceptors (Lipinski definition) is 4. The molecule has 0 atom stereocenters. The van der Waals surface area contributed by atoms with Crippen LogP contribution in [-0.2, 0) is 9.47 Å². The zero-order valence-electron chi connectivity index (χ0n) is 20.4. The van der Waals surface area contributed by atoms with Crippen molar-refractivity contribution in [1.82, 2.24) is 5.32 Å². The minimum atomic E-state index is -0.534. The number of carbonyl (C=O) groups excluding carboxylic acids is 2. The van der Waals surface area contributed by atoms with Crippen molar-refractivity contribution in [1.29, 1.82) is 0 Å². The van der Waals surface area contributed by atoms with Crippen LogP contribution in [-0.4, -0.2) is 30.8 Å². The van der Waals surface area contributed by atoms with Crippen molar-refractivity contribution in [2.24, 2.45) is 0 Å².